The van der Waals surface area contributed by atoms with E-state index in [1.165, 1.54) is 24.3 Å². The molecule has 0 aliphatic heterocycles. The third-order valence-electron chi connectivity index (χ3n) is 5.86. The van der Waals surface area contributed by atoms with Crippen molar-refractivity contribution in [3.63, 3.8) is 0 Å². The number of ketones is 1. The van der Waals surface area contributed by atoms with Gasteiger partial charge in [0, 0.05) is 16.7 Å². The van der Waals surface area contributed by atoms with Gasteiger partial charge in [-0.1, -0.05) is 50.2 Å². The first-order valence-corrected chi connectivity index (χ1v) is 14.0. The number of hydrogen-bond donors (Lipinski definition) is 3. The van der Waals surface area contributed by atoms with E-state index in [4.69, 9.17) is 20.1 Å². The second kappa shape index (κ2) is 11.2. The molecule has 10 heteroatoms. The summed E-state index contributed by atoms with van der Waals surface area (Å²) in [7, 11) is -2.09. The molecule has 1 atom stereocenters. The van der Waals surface area contributed by atoms with Crippen LogP contribution in [-0.4, -0.2) is 49.6 Å². The van der Waals surface area contributed by atoms with Crippen molar-refractivity contribution in [2.45, 2.75) is 51.9 Å². The summed E-state index contributed by atoms with van der Waals surface area (Å²) >= 11 is 0. The van der Waals surface area contributed by atoms with Crippen molar-refractivity contribution >= 4 is 31.8 Å². The lowest BCUT2D eigenvalue weighted by Gasteiger charge is -2.33. The number of nitrogens with one attached hydrogen (secondary N) is 1. The molecule has 2 aromatic rings. The van der Waals surface area contributed by atoms with Crippen molar-refractivity contribution in [3.8, 4) is 5.75 Å². The van der Waals surface area contributed by atoms with Crippen LogP contribution in [0.15, 0.2) is 53.7 Å². The molecule has 1 amide bonds. The number of carbonyl (C=O) groups is 3. The van der Waals surface area contributed by atoms with E-state index in [1.54, 1.807) is 31.2 Å². The van der Waals surface area contributed by atoms with Gasteiger partial charge in [-0.3, -0.25) is 9.59 Å². The van der Waals surface area contributed by atoms with Crippen LogP contribution in [0.1, 0.15) is 54.0 Å². The summed E-state index contributed by atoms with van der Waals surface area (Å²) in [4.78, 5) is 35.8. The molecule has 0 saturated heterocycles. The minimum atomic E-state index is -2.09. The number of carboxylic acids is 1. The quantitative estimate of drug-likeness (QED) is 0.148. The second-order valence-electron chi connectivity index (χ2n) is 9.67. The van der Waals surface area contributed by atoms with Gasteiger partial charge in [-0.2, -0.15) is 0 Å². The zero-order valence-electron chi connectivity index (χ0n) is 20.9. The number of nitrogens with two attached hydrogens (primary N) is 1. The van der Waals surface area contributed by atoms with Gasteiger partial charge in [-0.05, 0) is 49.3 Å². The molecule has 0 fully saturated rings. The third kappa shape index (κ3) is 7.68. The average molecular weight is 500 g/mol. The molecule has 0 spiro atoms. The van der Waals surface area contributed by atoms with Gasteiger partial charge in [0.25, 0.3) is 14.2 Å². The Bertz CT molecular complexity index is 1090. The van der Waals surface area contributed by atoms with Crippen molar-refractivity contribution in [2.75, 3.05) is 6.61 Å². The molecular weight excluding hydrogens is 466 g/mol. The number of benzene rings is 2. The highest BCUT2D eigenvalue weighted by molar-refractivity contribution is 6.74. The minimum absolute atomic E-state index is 0.0101. The molecule has 9 nitrogen and oxygen atoms in total. The molecule has 0 heterocycles. The van der Waals surface area contributed by atoms with E-state index >= 15 is 0 Å². The maximum atomic E-state index is 12.8. The first-order valence-electron chi connectivity index (χ1n) is 11.1. The Balaban J connectivity index is 2.00. The number of Topliss-reactive ketones (excluding diaryl/α,β-unsaturated/α-hetero) is 1. The van der Waals surface area contributed by atoms with E-state index in [0.29, 0.717) is 22.4 Å². The van der Waals surface area contributed by atoms with E-state index < -0.39 is 32.8 Å². The van der Waals surface area contributed by atoms with Crippen LogP contribution in [0, 0.1) is 0 Å². The number of carboxylic acid groups (broad SMARTS) is 1. The summed E-state index contributed by atoms with van der Waals surface area (Å²) in [6.07, 6.45) is 0. The van der Waals surface area contributed by atoms with Crippen molar-refractivity contribution in [3.05, 3.63) is 65.2 Å². The van der Waals surface area contributed by atoms with E-state index in [-0.39, 0.29) is 16.7 Å². The number of ether oxygens (including phenoxy) is 1. The van der Waals surface area contributed by atoms with Gasteiger partial charge in [0.15, 0.2) is 18.2 Å². The topological polar surface area (TPSA) is 140 Å². The summed E-state index contributed by atoms with van der Waals surface area (Å²) < 4.78 is 10.8. The number of amidine groups is 1. The molecule has 188 valence electrons. The Morgan fingerprint density at radius 2 is 1.51 bits per heavy atom. The zero-order valence-corrected chi connectivity index (χ0v) is 21.9. The standard InChI is InChI=1S/C25H33N3O6Si/c1-16(27-24(32)19-11-13-20(14-12-19)33-15-21(29)30)22(31)17-7-9-18(10-8-17)23(26)28-34-35(5,6)25(2,3)4/h7-14,16H,15H2,1-6H3,(H2,26,28)(H,27,32)(H,29,30). The zero-order chi connectivity index (χ0) is 26.4. The van der Waals surface area contributed by atoms with Crippen LogP contribution in [0.25, 0.3) is 0 Å². The third-order valence-corrected chi connectivity index (χ3v) is 10.0. The average Bonchev–Trinajstić information content (AvgIpc) is 2.80. The summed E-state index contributed by atoms with van der Waals surface area (Å²) in [5.41, 5.74) is 7.43. The van der Waals surface area contributed by atoms with Crippen LogP contribution >= 0.6 is 0 Å². The van der Waals surface area contributed by atoms with Gasteiger partial charge in [0.05, 0.1) is 6.04 Å². The number of aliphatic carboxylic acids is 1. The van der Waals surface area contributed by atoms with E-state index in [2.05, 4.69) is 44.3 Å². The maximum absolute atomic E-state index is 12.8. The van der Waals surface area contributed by atoms with Crippen molar-refractivity contribution in [1.29, 1.82) is 0 Å². The summed E-state index contributed by atoms with van der Waals surface area (Å²) in [6, 6.07) is 11.8. The molecule has 2 rings (SSSR count). The van der Waals surface area contributed by atoms with Crippen LogP contribution in [0.2, 0.25) is 18.1 Å². The SMILES string of the molecule is CC(NC(=O)c1ccc(OCC(=O)O)cc1)C(=O)c1ccc(/C(N)=N\O[Si](C)(C)C(C)(C)C)cc1. The molecule has 2 aromatic carbocycles. The molecule has 35 heavy (non-hydrogen) atoms. The second-order valence-corrected chi connectivity index (χ2v) is 14.4. The van der Waals surface area contributed by atoms with Crippen molar-refractivity contribution in [1.82, 2.24) is 5.32 Å². The normalized spacial score (nSPS) is 13.0. The smallest absolute Gasteiger partial charge is 0.341 e. The number of amides is 1. The Morgan fingerprint density at radius 3 is 2.03 bits per heavy atom. The monoisotopic (exact) mass is 499 g/mol. The number of nitrogens with zero attached hydrogens (tertiary/aromatic N) is 1. The summed E-state index contributed by atoms with van der Waals surface area (Å²) in [6.45, 7) is 11.6. The van der Waals surface area contributed by atoms with Crippen LogP contribution in [0.3, 0.4) is 0 Å². The molecule has 0 aromatic heterocycles. The molecular formula is C25H33N3O6Si. The Hall–Kier alpha value is -3.66. The van der Waals surface area contributed by atoms with Gasteiger partial charge >= 0.3 is 5.97 Å². The first kappa shape index (κ1) is 27.6. The van der Waals surface area contributed by atoms with Crippen LogP contribution in [0.4, 0.5) is 0 Å². The molecule has 4 N–H and O–H groups in total. The number of carbonyl (C=O) groups excluding carboxylic acids is 2. The Kier molecular flexibility index (Phi) is 8.81. The number of hydrogen-bond acceptors (Lipinski definition) is 6. The maximum Gasteiger partial charge on any atom is 0.341 e. The number of rotatable bonds is 10. The largest absolute Gasteiger partial charge is 0.482 e. The highest BCUT2D eigenvalue weighted by atomic mass is 28.4. The van der Waals surface area contributed by atoms with Crippen LogP contribution < -0.4 is 15.8 Å². The fraction of sp³-hybridized carbons (Fsp3) is 0.360. The lowest BCUT2D eigenvalue weighted by molar-refractivity contribution is -0.139. The van der Waals surface area contributed by atoms with Crippen LogP contribution in [0.5, 0.6) is 5.75 Å². The fourth-order valence-corrected chi connectivity index (χ4v) is 3.20. The fourth-order valence-electron chi connectivity index (χ4n) is 2.60. The number of oxime groups is 1. The molecule has 0 aliphatic carbocycles. The van der Waals surface area contributed by atoms with Gasteiger partial charge in [-0.25, -0.2) is 4.79 Å². The highest BCUT2D eigenvalue weighted by Gasteiger charge is 2.40. The summed E-state index contributed by atoms with van der Waals surface area (Å²) in [5.74, 6) is -1.25. The predicted octanol–water partition coefficient (Wildman–Crippen LogP) is 3.79. The van der Waals surface area contributed by atoms with E-state index in [1.807, 2.05) is 0 Å². The molecule has 0 bridgehead atoms. The van der Waals surface area contributed by atoms with Crippen molar-refractivity contribution in [2.24, 2.45) is 10.9 Å². The van der Waals surface area contributed by atoms with Gasteiger partial charge in [0.2, 0.25) is 0 Å². The Labute approximate surface area is 206 Å². The molecule has 0 saturated carbocycles. The highest BCUT2D eigenvalue weighted by Crippen LogP contribution is 2.36. The van der Waals surface area contributed by atoms with E-state index in [0.717, 1.165) is 0 Å². The predicted molar refractivity (Wildman–Crippen MR) is 136 cm³/mol. The van der Waals surface area contributed by atoms with Gasteiger partial charge < -0.3 is 25.4 Å². The van der Waals surface area contributed by atoms with E-state index in [9.17, 15) is 14.4 Å². The molecule has 0 aliphatic rings. The van der Waals surface area contributed by atoms with Gasteiger partial charge in [-0.15, -0.1) is 0 Å². The lowest BCUT2D eigenvalue weighted by atomic mass is 10.0. The lowest BCUT2D eigenvalue weighted by Crippen LogP contribution is -2.39. The molecule has 0 radical (unpaired) electrons. The minimum Gasteiger partial charge on any atom is -0.482 e. The Morgan fingerprint density at radius 1 is 1.00 bits per heavy atom. The first-order chi connectivity index (χ1) is 16.2. The molecule has 1 unspecified atom stereocenters. The van der Waals surface area contributed by atoms with Crippen molar-refractivity contribution < 1.29 is 28.8 Å². The van der Waals surface area contributed by atoms with Crippen LogP contribution in [-0.2, 0) is 9.32 Å². The van der Waals surface area contributed by atoms with Gasteiger partial charge in [0.1, 0.15) is 5.75 Å². The summed E-state index contributed by atoms with van der Waals surface area (Å²) in [5, 5.41) is 15.4.